The van der Waals surface area contributed by atoms with Gasteiger partial charge in [-0.15, -0.1) is 0 Å². The minimum atomic E-state index is -0.828. The van der Waals surface area contributed by atoms with Crippen LogP contribution in [0, 0.1) is 11.7 Å². The van der Waals surface area contributed by atoms with Gasteiger partial charge in [-0.1, -0.05) is 0 Å². The zero-order valence-electron chi connectivity index (χ0n) is 20.7. The second-order valence-electron chi connectivity index (χ2n) is 9.44. The molecule has 0 aliphatic carbocycles. The van der Waals surface area contributed by atoms with E-state index in [4.69, 9.17) is 19.4 Å². The number of rotatable bonds is 6. The van der Waals surface area contributed by atoms with Gasteiger partial charge in [-0.25, -0.2) is 14.1 Å². The number of ether oxygens (including phenoxy) is 2. The molecule has 0 bridgehead atoms. The summed E-state index contributed by atoms with van der Waals surface area (Å²) in [5.74, 6) is -0.0355. The van der Waals surface area contributed by atoms with Crippen LogP contribution in [-0.2, 0) is 14.3 Å². The number of halogens is 1. The van der Waals surface area contributed by atoms with Crippen molar-refractivity contribution in [3.63, 3.8) is 0 Å². The number of likely N-dealkylation sites (tertiary alicyclic amines) is 1. The van der Waals surface area contributed by atoms with Gasteiger partial charge in [0.05, 0.1) is 11.8 Å². The molecule has 0 atom stereocenters. The molecule has 3 fully saturated rings. The van der Waals surface area contributed by atoms with Crippen molar-refractivity contribution in [3.05, 3.63) is 24.0 Å². The van der Waals surface area contributed by atoms with Gasteiger partial charge in [0.2, 0.25) is 0 Å². The fourth-order valence-electron chi connectivity index (χ4n) is 5.24. The molecule has 1 N–H and O–H groups in total. The molecule has 0 saturated carbocycles. The highest BCUT2D eigenvalue weighted by Crippen LogP contribution is 2.40. The summed E-state index contributed by atoms with van der Waals surface area (Å²) in [6.45, 7) is 9.96. The first-order valence-electron chi connectivity index (χ1n) is 12.3. The van der Waals surface area contributed by atoms with Gasteiger partial charge in [-0.05, 0) is 64.5 Å². The van der Waals surface area contributed by atoms with Crippen molar-refractivity contribution in [2.45, 2.75) is 58.1 Å². The lowest BCUT2D eigenvalue weighted by Crippen LogP contribution is -2.57. The van der Waals surface area contributed by atoms with Gasteiger partial charge in [0.1, 0.15) is 5.54 Å². The standard InChI is InChI=1S/C24H34FN3O4.CH2O2/c1-4-27-23(30)28(19-5-6-20(25)21(15-19)32-17(2)3)22(29)24(27)9-11-26(12-10-24)16-18-7-13-31-14-8-18;2-1-3/h5-6,15,17-18H,4,7-14,16H2,1-3H3;1H,(H,2,3). The average Bonchev–Trinajstić information content (AvgIpc) is 3.03. The topological polar surface area (TPSA) is 99.6 Å². The molecule has 3 heterocycles. The zero-order valence-corrected chi connectivity index (χ0v) is 20.7. The highest BCUT2D eigenvalue weighted by Gasteiger charge is 2.58. The Morgan fingerprint density at radius 2 is 1.86 bits per heavy atom. The van der Waals surface area contributed by atoms with Crippen molar-refractivity contribution in [2.24, 2.45) is 5.92 Å². The first-order chi connectivity index (χ1) is 16.8. The molecular formula is C25H36FN3O6. The molecule has 35 heavy (non-hydrogen) atoms. The monoisotopic (exact) mass is 493 g/mol. The van der Waals surface area contributed by atoms with Gasteiger partial charge >= 0.3 is 6.03 Å². The van der Waals surface area contributed by atoms with Gasteiger partial charge in [0.15, 0.2) is 11.6 Å². The molecule has 0 aromatic heterocycles. The summed E-state index contributed by atoms with van der Waals surface area (Å²) in [5, 5.41) is 6.89. The van der Waals surface area contributed by atoms with E-state index in [0.717, 1.165) is 45.7 Å². The van der Waals surface area contributed by atoms with E-state index in [1.807, 2.05) is 6.92 Å². The van der Waals surface area contributed by atoms with Crippen LogP contribution in [-0.4, -0.2) is 84.4 Å². The molecule has 194 valence electrons. The van der Waals surface area contributed by atoms with Crippen LogP contribution < -0.4 is 9.64 Å². The highest BCUT2D eigenvalue weighted by molar-refractivity contribution is 6.23. The minimum Gasteiger partial charge on any atom is -0.488 e. The second-order valence-corrected chi connectivity index (χ2v) is 9.44. The van der Waals surface area contributed by atoms with E-state index in [1.54, 1.807) is 18.7 Å². The Labute approximate surface area is 205 Å². The van der Waals surface area contributed by atoms with Crippen molar-refractivity contribution in [2.75, 3.05) is 44.3 Å². The van der Waals surface area contributed by atoms with E-state index in [9.17, 15) is 14.0 Å². The Morgan fingerprint density at radius 1 is 1.23 bits per heavy atom. The summed E-state index contributed by atoms with van der Waals surface area (Å²) in [4.78, 5) is 40.7. The predicted molar refractivity (Wildman–Crippen MR) is 128 cm³/mol. The summed E-state index contributed by atoms with van der Waals surface area (Å²) in [6, 6.07) is 3.85. The third-order valence-corrected chi connectivity index (χ3v) is 6.93. The van der Waals surface area contributed by atoms with Crippen LogP contribution in [0.3, 0.4) is 0 Å². The maximum absolute atomic E-state index is 14.2. The number of anilines is 1. The quantitative estimate of drug-likeness (QED) is 0.479. The Hall–Kier alpha value is -2.72. The van der Waals surface area contributed by atoms with Crippen LogP contribution in [0.25, 0.3) is 0 Å². The molecular weight excluding hydrogens is 457 g/mol. The van der Waals surface area contributed by atoms with Crippen LogP contribution in [0.5, 0.6) is 5.75 Å². The number of benzene rings is 1. The van der Waals surface area contributed by atoms with Gasteiger partial charge in [-0.2, -0.15) is 0 Å². The molecule has 1 aromatic carbocycles. The van der Waals surface area contributed by atoms with Gasteiger partial charge < -0.3 is 24.4 Å². The van der Waals surface area contributed by atoms with Crippen molar-refractivity contribution in [1.82, 2.24) is 9.80 Å². The molecule has 4 rings (SSSR count). The maximum atomic E-state index is 14.2. The molecule has 0 radical (unpaired) electrons. The predicted octanol–water partition coefficient (Wildman–Crippen LogP) is 3.36. The number of hydrogen-bond acceptors (Lipinski definition) is 6. The van der Waals surface area contributed by atoms with Crippen LogP contribution in [0.2, 0.25) is 0 Å². The fraction of sp³-hybridized carbons (Fsp3) is 0.640. The summed E-state index contributed by atoms with van der Waals surface area (Å²) in [7, 11) is 0. The zero-order chi connectivity index (χ0) is 25.6. The summed E-state index contributed by atoms with van der Waals surface area (Å²) < 4.78 is 25.2. The second kappa shape index (κ2) is 11.8. The number of hydrogen-bond donors (Lipinski definition) is 1. The molecule has 3 amide bonds. The lowest BCUT2D eigenvalue weighted by molar-refractivity contribution is -0.127. The SMILES string of the molecule is CCN1C(=O)N(c2ccc(F)c(OC(C)C)c2)C(=O)C12CCN(CC1CCOCC1)CC2.O=CO. The lowest BCUT2D eigenvalue weighted by Gasteiger charge is -2.43. The number of amides is 3. The smallest absolute Gasteiger partial charge is 0.332 e. The molecule has 1 aromatic rings. The number of carbonyl (C=O) groups excluding carboxylic acids is 2. The van der Waals surface area contributed by atoms with E-state index >= 15 is 0 Å². The molecule has 9 nitrogen and oxygen atoms in total. The molecule has 0 unspecified atom stereocenters. The van der Waals surface area contributed by atoms with E-state index < -0.39 is 11.4 Å². The van der Waals surface area contributed by atoms with Crippen LogP contribution in [0.15, 0.2) is 18.2 Å². The number of imide groups is 1. The molecule has 1 spiro atoms. The van der Waals surface area contributed by atoms with Crippen molar-refractivity contribution < 1.29 is 33.4 Å². The van der Waals surface area contributed by atoms with Crippen LogP contribution in [0.1, 0.15) is 46.5 Å². The summed E-state index contributed by atoms with van der Waals surface area (Å²) >= 11 is 0. The van der Waals surface area contributed by atoms with Crippen molar-refractivity contribution >= 4 is 24.1 Å². The average molecular weight is 494 g/mol. The number of carboxylic acid groups (broad SMARTS) is 1. The summed E-state index contributed by atoms with van der Waals surface area (Å²) in [6.07, 6.45) is 3.17. The van der Waals surface area contributed by atoms with Crippen LogP contribution in [0.4, 0.5) is 14.9 Å². The van der Waals surface area contributed by atoms with Crippen molar-refractivity contribution in [1.29, 1.82) is 0 Å². The molecule has 3 aliphatic heterocycles. The number of piperidine rings is 1. The fourth-order valence-corrected chi connectivity index (χ4v) is 5.24. The number of carbonyl (C=O) groups is 3. The van der Waals surface area contributed by atoms with Gasteiger partial charge in [-0.3, -0.25) is 9.59 Å². The maximum Gasteiger partial charge on any atom is 0.332 e. The van der Waals surface area contributed by atoms with E-state index in [0.29, 0.717) is 31.0 Å². The highest BCUT2D eigenvalue weighted by atomic mass is 19.1. The molecule has 10 heteroatoms. The normalized spacial score (nSPS) is 20.8. The number of likely N-dealkylation sites (N-methyl/N-ethyl adjacent to an activating group) is 1. The Kier molecular flexibility index (Phi) is 9.07. The third-order valence-electron chi connectivity index (χ3n) is 6.93. The Balaban J connectivity index is 0.00000108. The first-order valence-corrected chi connectivity index (χ1v) is 12.3. The summed E-state index contributed by atoms with van der Waals surface area (Å²) in [5.41, 5.74) is -0.470. The van der Waals surface area contributed by atoms with Crippen molar-refractivity contribution in [3.8, 4) is 5.75 Å². The first kappa shape index (κ1) is 26.9. The number of nitrogens with zero attached hydrogens (tertiary/aromatic N) is 3. The Bertz CT molecular complexity index is 897. The Morgan fingerprint density at radius 3 is 2.43 bits per heavy atom. The van der Waals surface area contributed by atoms with Crippen LogP contribution >= 0.6 is 0 Å². The molecule has 3 aliphatic rings. The van der Waals surface area contributed by atoms with E-state index in [2.05, 4.69) is 4.90 Å². The van der Waals surface area contributed by atoms with Gasteiger partial charge in [0.25, 0.3) is 12.4 Å². The third kappa shape index (κ3) is 5.75. The molecule has 3 saturated heterocycles. The lowest BCUT2D eigenvalue weighted by atomic mass is 9.85. The number of urea groups is 1. The van der Waals surface area contributed by atoms with E-state index in [1.165, 1.54) is 23.1 Å². The largest absolute Gasteiger partial charge is 0.488 e. The van der Waals surface area contributed by atoms with E-state index in [-0.39, 0.29) is 30.3 Å². The minimum absolute atomic E-state index is 0.0494. The van der Waals surface area contributed by atoms with Gasteiger partial charge in [0, 0.05) is 45.5 Å².